The molecule has 0 radical (unpaired) electrons. The molecular formula is C5H5FN2OS. The van der Waals surface area contributed by atoms with Crippen LogP contribution in [0.1, 0.15) is 0 Å². The number of amidine groups is 1. The Morgan fingerprint density at radius 1 is 1.80 bits per heavy atom. The molecule has 1 aliphatic heterocycles. The molecule has 10 heavy (non-hydrogen) atoms. The van der Waals surface area contributed by atoms with Crippen molar-refractivity contribution in [2.75, 3.05) is 6.26 Å². The molecule has 0 aromatic rings. The van der Waals surface area contributed by atoms with Crippen LogP contribution in [-0.4, -0.2) is 29.7 Å². The van der Waals surface area contributed by atoms with Crippen LogP contribution in [0.15, 0.2) is 9.98 Å². The number of alkyl halides is 1. The maximum absolute atomic E-state index is 12.3. The average molecular weight is 160 g/mol. The third kappa shape index (κ3) is 1.41. The van der Waals surface area contributed by atoms with Crippen LogP contribution >= 0.6 is 11.8 Å². The zero-order valence-corrected chi connectivity index (χ0v) is 6.06. The minimum Gasteiger partial charge on any atom is -0.269 e. The smallest absolute Gasteiger partial charge is 0.269 e. The molecule has 0 aromatic carbocycles. The predicted octanol–water partition coefficient (Wildman–Crippen LogP) is 0.654. The number of thioether (sulfide) groups is 1. The van der Waals surface area contributed by atoms with Crippen molar-refractivity contribution < 1.29 is 9.18 Å². The summed E-state index contributed by atoms with van der Waals surface area (Å²) in [4.78, 5) is 17.4. The maximum atomic E-state index is 12.3. The van der Waals surface area contributed by atoms with Gasteiger partial charge in [-0.25, -0.2) is 9.38 Å². The zero-order valence-electron chi connectivity index (χ0n) is 5.24. The first-order valence-electron chi connectivity index (χ1n) is 2.59. The van der Waals surface area contributed by atoms with E-state index in [1.807, 2.05) is 0 Å². The summed E-state index contributed by atoms with van der Waals surface area (Å²) < 4.78 is 12.3. The largest absolute Gasteiger partial charge is 0.288 e. The summed E-state index contributed by atoms with van der Waals surface area (Å²) in [5, 5.41) is 0.318. The minimum absolute atomic E-state index is 0.318. The number of hydrogen-bond donors (Lipinski definition) is 0. The molecular weight excluding hydrogens is 155 g/mol. The maximum Gasteiger partial charge on any atom is 0.288 e. The lowest BCUT2D eigenvalue weighted by atomic mass is 10.4. The van der Waals surface area contributed by atoms with E-state index in [1.165, 1.54) is 11.8 Å². The Kier molecular flexibility index (Phi) is 2.16. The molecule has 0 spiro atoms. The van der Waals surface area contributed by atoms with Gasteiger partial charge in [0.15, 0.2) is 5.17 Å². The van der Waals surface area contributed by atoms with Crippen molar-refractivity contribution >= 4 is 29.1 Å². The lowest BCUT2D eigenvalue weighted by Gasteiger charge is -2.02. The Labute approximate surface area is 61.4 Å². The van der Waals surface area contributed by atoms with E-state index in [0.717, 1.165) is 6.21 Å². The number of amides is 1. The molecule has 1 atom stereocenters. The monoisotopic (exact) mass is 160 g/mol. The first-order chi connectivity index (χ1) is 4.74. The van der Waals surface area contributed by atoms with Crippen LogP contribution in [0.3, 0.4) is 0 Å². The van der Waals surface area contributed by atoms with Gasteiger partial charge in [-0.2, -0.15) is 4.99 Å². The predicted molar refractivity (Wildman–Crippen MR) is 39.3 cm³/mol. The second-order valence-electron chi connectivity index (χ2n) is 1.62. The fourth-order valence-electron chi connectivity index (χ4n) is 0.476. The lowest BCUT2D eigenvalue weighted by molar-refractivity contribution is -0.120. The topological polar surface area (TPSA) is 41.8 Å². The molecule has 1 amide bonds. The molecule has 3 nitrogen and oxygen atoms in total. The van der Waals surface area contributed by atoms with Gasteiger partial charge in [0.2, 0.25) is 6.17 Å². The van der Waals surface area contributed by atoms with E-state index in [0.29, 0.717) is 5.17 Å². The first kappa shape index (κ1) is 7.40. The number of aliphatic imine (C=N–C) groups is 2. The fourth-order valence-corrected chi connectivity index (χ4v) is 0.824. The van der Waals surface area contributed by atoms with Crippen LogP contribution in [-0.2, 0) is 4.79 Å². The molecule has 1 unspecified atom stereocenters. The number of nitrogens with zero attached hydrogens (tertiary/aromatic N) is 2. The third-order valence-corrected chi connectivity index (χ3v) is 1.50. The number of rotatable bonds is 0. The molecule has 54 valence electrons. The van der Waals surface area contributed by atoms with Crippen molar-refractivity contribution in [3.05, 3.63) is 0 Å². The summed E-state index contributed by atoms with van der Waals surface area (Å²) in [5.74, 6) is -0.764. The summed E-state index contributed by atoms with van der Waals surface area (Å²) in [5.41, 5.74) is 0. The molecule has 0 bridgehead atoms. The van der Waals surface area contributed by atoms with Crippen molar-refractivity contribution in [1.82, 2.24) is 0 Å². The molecule has 1 rings (SSSR count). The Morgan fingerprint density at radius 2 is 2.50 bits per heavy atom. The highest BCUT2D eigenvalue weighted by molar-refractivity contribution is 8.13. The number of hydrogen-bond acceptors (Lipinski definition) is 3. The standard InChI is InChI=1S/C5H5FN2OS/c1-10-5-7-2-3(6)4(9)8-5/h2-3H,1H3. The van der Waals surface area contributed by atoms with Gasteiger partial charge in [0.1, 0.15) is 0 Å². The second kappa shape index (κ2) is 2.92. The highest BCUT2D eigenvalue weighted by atomic mass is 32.2. The Hall–Kier alpha value is -0.710. The molecule has 0 saturated carbocycles. The van der Waals surface area contributed by atoms with Crippen LogP contribution in [0, 0.1) is 0 Å². The van der Waals surface area contributed by atoms with E-state index < -0.39 is 12.1 Å². The van der Waals surface area contributed by atoms with Gasteiger partial charge in [-0.1, -0.05) is 11.8 Å². The van der Waals surface area contributed by atoms with Gasteiger partial charge in [0, 0.05) is 0 Å². The van der Waals surface area contributed by atoms with Gasteiger partial charge in [-0.05, 0) is 6.26 Å². The van der Waals surface area contributed by atoms with Gasteiger partial charge in [-0.3, -0.25) is 4.79 Å². The van der Waals surface area contributed by atoms with Crippen molar-refractivity contribution in [3.8, 4) is 0 Å². The minimum atomic E-state index is -1.64. The highest BCUT2D eigenvalue weighted by Crippen LogP contribution is 2.06. The zero-order chi connectivity index (χ0) is 7.56. The van der Waals surface area contributed by atoms with Gasteiger partial charge in [0.25, 0.3) is 5.91 Å². The first-order valence-corrected chi connectivity index (χ1v) is 3.81. The molecule has 0 aromatic heterocycles. The Bertz CT molecular complexity index is 214. The average Bonchev–Trinajstić information content (AvgIpc) is 1.95. The molecule has 0 fully saturated rings. The normalized spacial score (nSPS) is 24.8. The van der Waals surface area contributed by atoms with Crippen molar-refractivity contribution in [2.24, 2.45) is 9.98 Å². The van der Waals surface area contributed by atoms with Crippen LogP contribution < -0.4 is 0 Å². The van der Waals surface area contributed by atoms with Crippen molar-refractivity contribution in [2.45, 2.75) is 6.17 Å². The van der Waals surface area contributed by atoms with E-state index in [4.69, 9.17) is 0 Å². The molecule has 0 N–H and O–H groups in total. The van der Waals surface area contributed by atoms with Gasteiger partial charge >= 0.3 is 0 Å². The van der Waals surface area contributed by atoms with Crippen LogP contribution in [0.4, 0.5) is 4.39 Å². The quantitative estimate of drug-likeness (QED) is 0.522. The van der Waals surface area contributed by atoms with E-state index in [1.54, 1.807) is 6.26 Å². The van der Waals surface area contributed by atoms with Gasteiger partial charge in [-0.15, -0.1) is 0 Å². The van der Waals surface area contributed by atoms with E-state index in [9.17, 15) is 9.18 Å². The lowest BCUT2D eigenvalue weighted by Crippen LogP contribution is -2.20. The van der Waals surface area contributed by atoms with Crippen LogP contribution in [0.2, 0.25) is 0 Å². The highest BCUT2D eigenvalue weighted by Gasteiger charge is 2.18. The number of carbonyl (C=O) groups is 1. The summed E-state index contributed by atoms with van der Waals surface area (Å²) in [6.07, 6.45) is 1.04. The number of carbonyl (C=O) groups excluding carboxylic acids is 1. The van der Waals surface area contributed by atoms with E-state index in [2.05, 4.69) is 9.98 Å². The molecule has 0 aliphatic carbocycles. The van der Waals surface area contributed by atoms with Crippen molar-refractivity contribution in [1.29, 1.82) is 0 Å². The fraction of sp³-hybridized carbons (Fsp3) is 0.400. The SMILES string of the molecule is CSC1=NC(=O)C(F)C=N1. The molecule has 1 heterocycles. The van der Waals surface area contributed by atoms with Gasteiger partial charge in [0.05, 0.1) is 6.21 Å². The third-order valence-electron chi connectivity index (χ3n) is 0.940. The summed E-state index contributed by atoms with van der Waals surface area (Å²) in [6, 6.07) is 0. The van der Waals surface area contributed by atoms with E-state index in [-0.39, 0.29) is 0 Å². The van der Waals surface area contributed by atoms with E-state index >= 15 is 0 Å². The summed E-state index contributed by atoms with van der Waals surface area (Å²) in [7, 11) is 0. The Balaban J connectivity index is 2.76. The van der Waals surface area contributed by atoms with Crippen LogP contribution in [0.5, 0.6) is 0 Å². The van der Waals surface area contributed by atoms with Crippen molar-refractivity contribution in [3.63, 3.8) is 0 Å². The molecule has 0 saturated heterocycles. The summed E-state index contributed by atoms with van der Waals surface area (Å²) >= 11 is 1.22. The van der Waals surface area contributed by atoms with Crippen LogP contribution in [0.25, 0.3) is 0 Å². The summed E-state index contributed by atoms with van der Waals surface area (Å²) in [6.45, 7) is 0. The Morgan fingerprint density at radius 3 is 3.00 bits per heavy atom. The van der Waals surface area contributed by atoms with Gasteiger partial charge < -0.3 is 0 Å². The number of halogens is 1. The molecule has 1 aliphatic rings. The molecule has 5 heteroatoms. The second-order valence-corrected chi connectivity index (χ2v) is 2.39.